The lowest BCUT2D eigenvalue weighted by Crippen LogP contribution is -2.57. The number of amides is 3. The molecule has 36 heavy (non-hydrogen) atoms. The highest BCUT2D eigenvalue weighted by Crippen LogP contribution is 2.11. The summed E-state index contributed by atoms with van der Waals surface area (Å²) in [7, 11) is 0. The first kappa shape index (κ1) is 31.1. The molecular weight excluding hydrogens is 468 g/mol. The molecule has 11 N–H and O–H groups in total. The van der Waals surface area contributed by atoms with Crippen LogP contribution in [0.2, 0.25) is 0 Å². The molecule has 13 heteroatoms. The van der Waals surface area contributed by atoms with Gasteiger partial charge in [-0.3, -0.25) is 19.4 Å². The van der Waals surface area contributed by atoms with Crippen LogP contribution in [-0.4, -0.2) is 78.6 Å². The van der Waals surface area contributed by atoms with E-state index in [-0.39, 0.29) is 36.8 Å². The van der Waals surface area contributed by atoms with Crippen LogP contribution in [0.25, 0.3) is 0 Å². The van der Waals surface area contributed by atoms with E-state index in [9.17, 15) is 24.3 Å². The van der Waals surface area contributed by atoms with Crippen LogP contribution in [0.3, 0.4) is 0 Å². The topological polar surface area (TPSA) is 227 Å². The summed E-state index contributed by atoms with van der Waals surface area (Å²) in [5, 5.41) is 20.7. The fraction of sp³-hybridized carbons (Fsp3) is 0.783. The molecule has 206 valence electrons. The fourth-order valence-electron chi connectivity index (χ4n) is 3.92. The Balaban J connectivity index is 2.99. The zero-order valence-electron chi connectivity index (χ0n) is 21.4. The van der Waals surface area contributed by atoms with Crippen molar-refractivity contribution in [2.24, 2.45) is 28.1 Å². The molecule has 13 nitrogen and oxygen atoms in total. The number of hydrogen-bond donors (Lipinski definition) is 8. The van der Waals surface area contributed by atoms with Crippen molar-refractivity contribution in [2.45, 2.75) is 89.4 Å². The molecule has 1 fully saturated rings. The Morgan fingerprint density at radius 2 is 1.67 bits per heavy atom. The van der Waals surface area contributed by atoms with Gasteiger partial charge in [-0.2, -0.15) is 0 Å². The number of rotatable bonds is 17. The maximum atomic E-state index is 13.2. The van der Waals surface area contributed by atoms with Crippen molar-refractivity contribution in [3.8, 4) is 0 Å². The normalized spacial score (nSPS) is 18.4. The van der Waals surface area contributed by atoms with Gasteiger partial charge in [-0.25, -0.2) is 4.79 Å². The Kier molecular flexibility index (Phi) is 14.4. The van der Waals surface area contributed by atoms with E-state index in [4.69, 9.17) is 17.2 Å². The number of hydrogen-bond acceptors (Lipinski definition) is 7. The number of carbonyl (C=O) groups excluding carboxylic acids is 3. The van der Waals surface area contributed by atoms with Crippen LogP contribution >= 0.6 is 0 Å². The third kappa shape index (κ3) is 11.2. The molecule has 5 unspecified atom stereocenters. The van der Waals surface area contributed by atoms with E-state index in [1.165, 1.54) is 0 Å². The highest BCUT2D eigenvalue weighted by molar-refractivity contribution is 5.94. The minimum Gasteiger partial charge on any atom is -0.480 e. The van der Waals surface area contributed by atoms with Gasteiger partial charge in [-0.1, -0.05) is 20.3 Å². The lowest BCUT2D eigenvalue weighted by molar-refractivity contribution is -0.144. The second kappa shape index (κ2) is 16.7. The highest BCUT2D eigenvalue weighted by atomic mass is 16.4. The van der Waals surface area contributed by atoms with E-state index < -0.39 is 35.9 Å². The van der Waals surface area contributed by atoms with Crippen LogP contribution in [0.1, 0.15) is 65.2 Å². The summed E-state index contributed by atoms with van der Waals surface area (Å²) in [4.78, 5) is 54.5. The number of nitrogens with zero attached hydrogens (tertiary/aromatic N) is 1. The molecule has 1 heterocycles. The summed E-state index contributed by atoms with van der Waals surface area (Å²) in [5.41, 5.74) is 16.3. The van der Waals surface area contributed by atoms with Crippen LogP contribution in [0.4, 0.5) is 0 Å². The van der Waals surface area contributed by atoms with Gasteiger partial charge in [-0.15, -0.1) is 0 Å². The van der Waals surface area contributed by atoms with Crippen molar-refractivity contribution in [1.29, 1.82) is 0 Å². The van der Waals surface area contributed by atoms with Crippen LogP contribution in [0.5, 0.6) is 0 Å². The molecule has 3 amide bonds. The zero-order chi connectivity index (χ0) is 27.1. The number of nitrogens with one attached hydrogen (secondary N) is 4. The quantitative estimate of drug-likeness (QED) is 0.0643. The van der Waals surface area contributed by atoms with Gasteiger partial charge in [0.1, 0.15) is 18.1 Å². The number of carbonyl (C=O) groups is 4. The van der Waals surface area contributed by atoms with E-state index in [0.717, 1.165) is 13.0 Å². The lowest BCUT2D eigenvalue weighted by atomic mass is 9.98. The SMILES string of the molecule is CCC(C)C(NC(=O)C(CCCN=C(N)N)NC(=O)C(CCCCN)NC(=O)C1CCCN1)C(=O)O. The van der Waals surface area contributed by atoms with Gasteiger partial charge < -0.3 is 43.6 Å². The van der Waals surface area contributed by atoms with E-state index in [2.05, 4.69) is 26.3 Å². The number of carboxylic acid groups (broad SMARTS) is 1. The van der Waals surface area contributed by atoms with Crippen LogP contribution in [0.15, 0.2) is 4.99 Å². The molecule has 5 atom stereocenters. The molecule has 0 spiro atoms. The molecule has 0 saturated carbocycles. The standard InChI is InChI=1S/C23H44N8O5/c1-3-14(2)18(22(35)36)31-21(34)17(10-7-13-28-23(25)26)30-20(33)16(8-4-5-11-24)29-19(32)15-9-6-12-27-15/h14-18,27H,3-13,24H2,1-2H3,(H,29,32)(H,30,33)(H,31,34)(H,35,36)(H4,25,26,28). The average molecular weight is 513 g/mol. The first-order valence-corrected chi connectivity index (χ1v) is 12.7. The molecule has 0 aromatic heterocycles. The van der Waals surface area contributed by atoms with Gasteiger partial charge in [0.25, 0.3) is 0 Å². The van der Waals surface area contributed by atoms with Crippen molar-refractivity contribution in [3.63, 3.8) is 0 Å². The maximum absolute atomic E-state index is 13.2. The van der Waals surface area contributed by atoms with Gasteiger partial charge in [-0.05, 0) is 64.0 Å². The Bertz CT molecular complexity index is 753. The van der Waals surface area contributed by atoms with Crippen LogP contribution < -0.4 is 38.5 Å². The Morgan fingerprint density at radius 3 is 2.22 bits per heavy atom. The van der Waals surface area contributed by atoms with Crippen LogP contribution in [0, 0.1) is 5.92 Å². The first-order valence-electron chi connectivity index (χ1n) is 12.7. The molecule has 1 rings (SSSR count). The second-order valence-electron chi connectivity index (χ2n) is 9.21. The Labute approximate surface area is 212 Å². The van der Waals surface area contributed by atoms with E-state index >= 15 is 0 Å². The molecule has 0 aromatic rings. The first-order chi connectivity index (χ1) is 17.1. The van der Waals surface area contributed by atoms with Crippen molar-refractivity contribution in [1.82, 2.24) is 21.3 Å². The summed E-state index contributed by atoms with van der Waals surface area (Å²) in [6, 6.07) is -3.35. The largest absolute Gasteiger partial charge is 0.480 e. The van der Waals surface area contributed by atoms with Gasteiger partial charge in [0, 0.05) is 6.54 Å². The summed E-state index contributed by atoms with van der Waals surface area (Å²) >= 11 is 0. The second-order valence-corrected chi connectivity index (χ2v) is 9.21. The third-order valence-corrected chi connectivity index (χ3v) is 6.31. The minimum absolute atomic E-state index is 0.0917. The number of aliphatic imine (C=N–C) groups is 1. The number of aliphatic carboxylic acids is 1. The van der Waals surface area contributed by atoms with Crippen molar-refractivity contribution in [2.75, 3.05) is 19.6 Å². The monoisotopic (exact) mass is 512 g/mol. The highest BCUT2D eigenvalue weighted by Gasteiger charge is 2.32. The van der Waals surface area contributed by atoms with Crippen molar-refractivity contribution < 1.29 is 24.3 Å². The van der Waals surface area contributed by atoms with Crippen LogP contribution in [-0.2, 0) is 19.2 Å². The van der Waals surface area contributed by atoms with Crippen molar-refractivity contribution >= 4 is 29.7 Å². The molecule has 0 radical (unpaired) electrons. The van der Waals surface area contributed by atoms with Gasteiger partial charge in [0.05, 0.1) is 6.04 Å². The number of unbranched alkanes of at least 4 members (excludes halogenated alkanes) is 1. The number of guanidine groups is 1. The van der Waals surface area contributed by atoms with Gasteiger partial charge in [0.15, 0.2) is 5.96 Å². The van der Waals surface area contributed by atoms with Crippen molar-refractivity contribution in [3.05, 3.63) is 0 Å². The minimum atomic E-state index is -1.15. The molecule has 1 aliphatic heterocycles. The molecule has 1 saturated heterocycles. The Morgan fingerprint density at radius 1 is 1.03 bits per heavy atom. The maximum Gasteiger partial charge on any atom is 0.326 e. The smallest absolute Gasteiger partial charge is 0.326 e. The molecule has 1 aliphatic rings. The summed E-state index contributed by atoms with van der Waals surface area (Å²) < 4.78 is 0. The zero-order valence-corrected chi connectivity index (χ0v) is 21.4. The predicted molar refractivity (Wildman–Crippen MR) is 137 cm³/mol. The van der Waals surface area contributed by atoms with Gasteiger partial charge >= 0.3 is 5.97 Å². The molecule has 0 bridgehead atoms. The molecule has 0 aliphatic carbocycles. The molecular formula is C23H44N8O5. The summed E-state index contributed by atoms with van der Waals surface area (Å²) in [6.45, 7) is 4.98. The van der Waals surface area contributed by atoms with Gasteiger partial charge in [0.2, 0.25) is 17.7 Å². The third-order valence-electron chi connectivity index (χ3n) is 6.31. The molecule has 0 aromatic carbocycles. The fourth-order valence-corrected chi connectivity index (χ4v) is 3.92. The Hall–Kier alpha value is -2.93. The van der Waals surface area contributed by atoms with E-state index in [1.807, 2.05) is 6.92 Å². The summed E-state index contributed by atoms with van der Waals surface area (Å²) in [5.74, 6) is -2.96. The predicted octanol–water partition coefficient (Wildman–Crippen LogP) is -1.49. The summed E-state index contributed by atoms with van der Waals surface area (Å²) in [6.07, 6.45) is 4.30. The van der Waals surface area contributed by atoms with E-state index in [1.54, 1.807) is 6.92 Å². The number of carboxylic acids is 1. The number of nitrogens with two attached hydrogens (primary N) is 3. The van der Waals surface area contributed by atoms with E-state index in [0.29, 0.717) is 45.1 Å². The average Bonchev–Trinajstić information content (AvgIpc) is 3.38. The lowest BCUT2D eigenvalue weighted by Gasteiger charge is -2.26.